The maximum atomic E-state index is 6.26. The molecule has 0 fully saturated rings. The van der Waals surface area contributed by atoms with Gasteiger partial charge in [-0.1, -0.05) is 37.1 Å². The van der Waals surface area contributed by atoms with Crippen LogP contribution < -0.4 is 4.74 Å². The van der Waals surface area contributed by atoms with Gasteiger partial charge in [0, 0.05) is 17.0 Å². The summed E-state index contributed by atoms with van der Waals surface area (Å²) in [5, 5.41) is 0.502. The van der Waals surface area contributed by atoms with Crippen molar-refractivity contribution in [3.8, 4) is 17.0 Å². The fourth-order valence-corrected chi connectivity index (χ4v) is 2.21. The number of ether oxygens (including phenoxy) is 1. The molecule has 1 heterocycles. The smallest absolute Gasteiger partial charge is 0.136 e. The minimum absolute atomic E-state index is 0.225. The van der Waals surface area contributed by atoms with Crippen molar-refractivity contribution < 1.29 is 4.74 Å². The number of benzene rings is 1. The number of aryl methyl sites for hydroxylation is 1. The van der Waals surface area contributed by atoms with Gasteiger partial charge in [-0.15, -0.1) is 0 Å². The molecule has 0 N–H and O–H groups in total. The summed E-state index contributed by atoms with van der Waals surface area (Å²) in [5.41, 5.74) is 3.83. The Labute approximate surface area is 125 Å². The Morgan fingerprint density at radius 2 is 1.85 bits per heavy atom. The number of methoxy groups -OCH3 is 1. The molecule has 2 rings (SSSR count). The summed E-state index contributed by atoms with van der Waals surface area (Å²) in [6.45, 7) is 8.09. The lowest BCUT2D eigenvalue weighted by atomic mass is 10.0. The second-order valence-corrected chi connectivity index (χ2v) is 5.56. The first-order chi connectivity index (χ1) is 9.43. The first-order valence-electron chi connectivity index (χ1n) is 6.63. The van der Waals surface area contributed by atoms with Gasteiger partial charge in [-0.2, -0.15) is 0 Å². The van der Waals surface area contributed by atoms with Gasteiger partial charge in [-0.05, 0) is 26.0 Å². The minimum atomic E-state index is 0.225. The monoisotopic (exact) mass is 290 g/mol. The number of hydrogen-bond acceptors (Lipinski definition) is 3. The summed E-state index contributed by atoms with van der Waals surface area (Å²) in [7, 11) is 1.66. The van der Waals surface area contributed by atoms with Crippen LogP contribution in [0.4, 0.5) is 0 Å². The molecule has 1 aromatic carbocycles. The van der Waals surface area contributed by atoms with Crippen LogP contribution in [0.3, 0.4) is 0 Å². The molecule has 0 amide bonds. The van der Waals surface area contributed by atoms with Crippen LogP contribution in [0, 0.1) is 13.8 Å². The summed E-state index contributed by atoms with van der Waals surface area (Å²) in [6, 6.07) is 6.04. The molecule has 20 heavy (non-hydrogen) atoms. The Morgan fingerprint density at radius 1 is 1.15 bits per heavy atom. The molecule has 0 unspecified atom stereocenters. The van der Waals surface area contributed by atoms with Crippen molar-refractivity contribution in [2.24, 2.45) is 0 Å². The molecule has 3 nitrogen and oxygen atoms in total. The van der Waals surface area contributed by atoms with Crippen LogP contribution in [0.5, 0.6) is 5.75 Å². The van der Waals surface area contributed by atoms with E-state index in [2.05, 4.69) is 29.9 Å². The third-order valence-corrected chi connectivity index (χ3v) is 3.60. The van der Waals surface area contributed by atoms with Crippen molar-refractivity contribution in [1.29, 1.82) is 0 Å². The highest BCUT2D eigenvalue weighted by Gasteiger charge is 2.16. The predicted octanol–water partition coefficient (Wildman–Crippen LogP) is 4.55. The molecule has 0 atom stereocenters. The van der Waals surface area contributed by atoms with Gasteiger partial charge in [0.25, 0.3) is 0 Å². The highest BCUT2D eigenvalue weighted by Crippen LogP contribution is 2.34. The van der Waals surface area contributed by atoms with Crippen LogP contribution in [-0.4, -0.2) is 17.1 Å². The molecule has 0 aliphatic heterocycles. The lowest BCUT2D eigenvalue weighted by molar-refractivity contribution is 0.416. The van der Waals surface area contributed by atoms with E-state index in [4.69, 9.17) is 16.3 Å². The lowest BCUT2D eigenvalue weighted by Gasteiger charge is -2.14. The third-order valence-electron chi connectivity index (χ3n) is 3.23. The van der Waals surface area contributed by atoms with Gasteiger partial charge in [0.05, 0.1) is 12.8 Å². The largest absolute Gasteiger partial charge is 0.496 e. The lowest BCUT2D eigenvalue weighted by Crippen LogP contribution is -2.03. The van der Waals surface area contributed by atoms with E-state index in [9.17, 15) is 0 Å². The predicted molar refractivity (Wildman–Crippen MR) is 82.6 cm³/mol. The zero-order valence-corrected chi connectivity index (χ0v) is 13.2. The quantitative estimate of drug-likeness (QED) is 0.778. The summed E-state index contributed by atoms with van der Waals surface area (Å²) in [4.78, 5) is 9.03. The SMILES string of the molecule is COc1ccc(C)cc1-c1nc(C(C)C)nc(Cl)c1C. The molecular weight excluding hydrogens is 272 g/mol. The zero-order valence-electron chi connectivity index (χ0n) is 12.5. The first kappa shape index (κ1) is 14.8. The maximum absolute atomic E-state index is 6.26. The van der Waals surface area contributed by atoms with Crippen molar-refractivity contribution in [3.63, 3.8) is 0 Å². The van der Waals surface area contributed by atoms with Crippen LogP contribution in [0.15, 0.2) is 18.2 Å². The van der Waals surface area contributed by atoms with Crippen molar-refractivity contribution >= 4 is 11.6 Å². The van der Waals surface area contributed by atoms with Gasteiger partial charge in [0.15, 0.2) is 0 Å². The van der Waals surface area contributed by atoms with Crippen molar-refractivity contribution in [2.75, 3.05) is 7.11 Å². The Morgan fingerprint density at radius 3 is 2.45 bits per heavy atom. The van der Waals surface area contributed by atoms with E-state index in [-0.39, 0.29) is 5.92 Å². The summed E-state index contributed by atoms with van der Waals surface area (Å²) in [6.07, 6.45) is 0. The fraction of sp³-hybridized carbons (Fsp3) is 0.375. The maximum Gasteiger partial charge on any atom is 0.136 e. The van der Waals surface area contributed by atoms with Gasteiger partial charge in [0.2, 0.25) is 0 Å². The van der Waals surface area contributed by atoms with Gasteiger partial charge in [-0.25, -0.2) is 9.97 Å². The van der Waals surface area contributed by atoms with Gasteiger partial charge in [-0.3, -0.25) is 0 Å². The molecule has 2 aromatic rings. The Hall–Kier alpha value is -1.61. The Bertz CT molecular complexity index is 639. The Kier molecular flexibility index (Phi) is 4.29. The van der Waals surface area contributed by atoms with Crippen LogP contribution in [0.25, 0.3) is 11.3 Å². The standard InChI is InChI=1S/C16H19ClN2O/c1-9(2)16-18-14(11(4)15(17)19-16)12-8-10(3)6-7-13(12)20-5/h6-9H,1-5H3. The average molecular weight is 291 g/mol. The summed E-state index contributed by atoms with van der Waals surface area (Å²) >= 11 is 6.26. The third kappa shape index (κ3) is 2.78. The second kappa shape index (κ2) is 5.80. The summed E-state index contributed by atoms with van der Waals surface area (Å²) in [5.74, 6) is 1.77. The number of rotatable bonds is 3. The molecule has 4 heteroatoms. The molecule has 106 valence electrons. The van der Waals surface area contributed by atoms with Crippen LogP contribution in [-0.2, 0) is 0 Å². The van der Waals surface area contributed by atoms with Crippen molar-refractivity contribution in [3.05, 3.63) is 40.3 Å². The van der Waals surface area contributed by atoms with Crippen LogP contribution in [0.2, 0.25) is 5.15 Å². The van der Waals surface area contributed by atoms with Crippen LogP contribution in [0.1, 0.15) is 36.7 Å². The van der Waals surface area contributed by atoms with Crippen molar-refractivity contribution in [2.45, 2.75) is 33.6 Å². The van der Waals surface area contributed by atoms with Gasteiger partial charge in [0.1, 0.15) is 16.7 Å². The van der Waals surface area contributed by atoms with E-state index in [1.54, 1.807) is 7.11 Å². The topological polar surface area (TPSA) is 35.0 Å². The first-order valence-corrected chi connectivity index (χ1v) is 7.01. The second-order valence-electron chi connectivity index (χ2n) is 5.20. The van der Waals surface area contributed by atoms with E-state index in [0.29, 0.717) is 5.15 Å². The average Bonchev–Trinajstić information content (AvgIpc) is 2.41. The molecule has 0 saturated heterocycles. The highest BCUT2D eigenvalue weighted by atomic mass is 35.5. The molecule has 0 bridgehead atoms. The molecule has 0 radical (unpaired) electrons. The van der Waals surface area contributed by atoms with E-state index >= 15 is 0 Å². The van der Waals surface area contributed by atoms with Gasteiger partial charge >= 0.3 is 0 Å². The van der Waals surface area contributed by atoms with Gasteiger partial charge < -0.3 is 4.74 Å². The molecule has 0 saturated carbocycles. The number of halogens is 1. The molecule has 0 spiro atoms. The van der Waals surface area contributed by atoms with E-state index in [0.717, 1.165) is 34.0 Å². The normalized spacial score (nSPS) is 10.9. The van der Waals surface area contributed by atoms with E-state index in [1.807, 2.05) is 26.0 Å². The number of nitrogens with zero attached hydrogens (tertiary/aromatic N) is 2. The molecule has 1 aromatic heterocycles. The van der Waals surface area contributed by atoms with E-state index < -0.39 is 0 Å². The number of hydrogen-bond donors (Lipinski definition) is 0. The van der Waals surface area contributed by atoms with Crippen molar-refractivity contribution in [1.82, 2.24) is 9.97 Å². The zero-order chi connectivity index (χ0) is 14.9. The Balaban J connectivity index is 2.71. The molecule has 0 aliphatic carbocycles. The molecule has 0 aliphatic rings. The van der Waals surface area contributed by atoms with E-state index in [1.165, 1.54) is 0 Å². The molecular formula is C16H19ClN2O. The minimum Gasteiger partial charge on any atom is -0.496 e. The highest BCUT2D eigenvalue weighted by molar-refractivity contribution is 6.30. The summed E-state index contributed by atoms with van der Waals surface area (Å²) < 4.78 is 5.45. The number of aromatic nitrogens is 2. The fourth-order valence-electron chi connectivity index (χ4n) is 2.03. The van der Waals surface area contributed by atoms with Crippen LogP contribution >= 0.6 is 11.6 Å².